The third kappa shape index (κ3) is 2.68. The molecule has 20 heavy (non-hydrogen) atoms. The normalized spacial score (nSPS) is 10.7. The lowest BCUT2D eigenvalue weighted by Crippen LogP contribution is -2.00. The Morgan fingerprint density at radius 1 is 1.05 bits per heavy atom. The first-order valence-electron chi connectivity index (χ1n) is 6.57. The second-order valence-electron chi connectivity index (χ2n) is 4.81. The Morgan fingerprint density at radius 3 is 2.65 bits per heavy atom. The van der Waals surface area contributed by atoms with Gasteiger partial charge in [0, 0.05) is 28.3 Å². The highest BCUT2D eigenvalue weighted by Crippen LogP contribution is 2.25. The molecule has 0 saturated heterocycles. The monoisotopic (exact) mass is 326 g/mol. The summed E-state index contributed by atoms with van der Waals surface area (Å²) in [5, 5.41) is 4.67. The van der Waals surface area contributed by atoms with Gasteiger partial charge in [-0.1, -0.05) is 34.1 Å². The molecule has 2 nitrogen and oxygen atoms in total. The second kappa shape index (κ2) is 5.63. The van der Waals surface area contributed by atoms with Crippen molar-refractivity contribution in [2.45, 2.75) is 13.5 Å². The predicted octanol–water partition coefficient (Wildman–Crippen LogP) is 4.92. The van der Waals surface area contributed by atoms with E-state index in [1.165, 1.54) is 16.5 Å². The topological polar surface area (TPSA) is 24.9 Å². The van der Waals surface area contributed by atoms with Gasteiger partial charge in [0.05, 0.1) is 5.52 Å². The number of hydrogen-bond donors (Lipinski definition) is 1. The molecule has 3 heteroatoms. The third-order valence-electron chi connectivity index (χ3n) is 3.37. The number of nitrogens with zero attached hydrogens (tertiary/aromatic N) is 1. The number of hydrogen-bond acceptors (Lipinski definition) is 2. The smallest absolute Gasteiger partial charge is 0.0751 e. The van der Waals surface area contributed by atoms with Gasteiger partial charge in [-0.2, -0.15) is 0 Å². The molecule has 0 radical (unpaired) electrons. The molecule has 1 N–H and O–H groups in total. The van der Waals surface area contributed by atoms with Crippen molar-refractivity contribution < 1.29 is 0 Å². The molecule has 0 aliphatic heterocycles. The molecule has 0 bridgehead atoms. The molecule has 0 amide bonds. The highest BCUT2D eigenvalue weighted by Gasteiger charge is 2.03. The van der Waals surface area contributed by atoms with E-state index in [2.05, 4.69) is 75.6 Å². The first-order chi connectivity index (χ1) is 9.74. The fourth-order valence-corrected chi connectivity index (χ4v) is 2.53. The van der Waals surface area contributed by atoms with Gasteiger partial charge in [-0.05, 0) is 48.4 Å². The van der Waals surface area contributed by atoms with Crippen LogP contribution in [0.2, 0.25) is 0 Å². The summed E-state index contributed by atoms with van der Waals surface area (Å²) in [4.78, 5) is 4.46. The van der Waals surface area contributed by atoms with E-state index in [0.717, 1.165) is 22.2 Å². The van der Waals surface area contributed by atoms with Gasteiger partial charge in [-0.3, -0.25) is 4.98 Å². The van der Waals surface area contributed by atoms with E-state index >= 15 is 0 Å². The number of aromatic nitrogens is 1. The molecule has 0 aliphatic carbocycles. The number of benzene rings is 2. The highest BCUT2D eigenvalue weighted by atomic mass is 79.9. The number of pyridine rings is 1. The van der Waals surface area contributed by atoms with Crippen LogP contribution in [0.5, 0.6) is 0 Å². The van der Waals surface area contributed by atoms with Crippen LogP contribution in [-0.4, -0.2) is 4.98 Å². The van der Waals surface area contributed by atoms with Crippen LogP contribution in [0, 0.1) is 6.92 Å². The summed E-state index contributed by atoms with van der Waals surface area (Å²) >= 11 is 3.45. The van der Waals surface area contributed by atoms with Gasteiger partial charge in [0.15, 0.2) is 0 Å². The van der Waals surface area contributed by atoms with E-state index in [1.54, 1.807) is 0 Å². The summed E-state index contributed by atoms with van der Waals surface area (Å²) in [7, 11) is 0. The van der Waals surface area contributed by atoms with Crippen molar-refractivity contribution in [3.8, 4) is 0 Å². The minimum atomic E-state index is 0.806. The number of fused-ring (bicyclic) bond motifs is 1. The standard InChI is InChI=1S/C17H15BrN2/c1-12-4-9-16(15-3-2-10-19-17(12)15)20-11-13-5-7-14(18)8-6-13/h2-10,20H,11H2,1H3. The van der Waals surface area contributed by atoms with E-state index in [4.69, 9.17) is 0 Å². The van der Waals surface area contributed by atoms with Gasteiger partial charge in [0.2, 0.25) is 0 Å². The van der Waals surface area contributed by atoms with Crippen LogP contribution in [0.4, 0.5) is 5.69 Å². The average molecular weight is 327 g/mol. The molecule has 0 fully saturated rings. The van der Waals surface area contributed by atoms with Gasteiger partial charge in [-0.25, -0.2) is 0 Å². The minimum absolute atomic E-state index is 0.806. The largest absolute Gasteiger partial charge is 0.380 e. The molecular formula is C17H15BrN2. The summed E-state index contributed by atoms with van der Waals surface area (Å²) < 4.78 is 1.10. The Balaban J connectivity index is 1.88. The molecule has 0 spiro atoms. The molecule has 3 aromatic rings. The van der Waals surface area contributed by atoms with Crippen LogP contribution in [0.15, 0.2) is 59.2 Å². The lowest BCUT2D eigenvalue weighted by atomic mass is 10.1. The first kappa shape index (κ1) is 13.1. The maximum Gasteiger partial charge on any atom is 0.0751 e. The van der Waals surface area contributed by atoms with Gasteiger partial charge < -0.3 is 5.32 Å². The zero-order valence-electron chi connectivity index (χ0n) is 11.2. The van der Waals surface area contributed by atoms with E-state index in [-0.39, 0.29) is 0 Å². The zero-order chi connectivity index (χ0) is 13.9. The second-order valence-corrected chi connectivity index (χ2v) is 5.73. The molecule has 0 unspecified atom stereocenters. The van der Waals surface area contributed by atoms with Gasteiger partial charge >= 0.3 is 0 Å². The van der Waals surface area contributed by atoms with Gasteiger partial charge in [0.1, 0.15) is 0 Å². The van der Waals surface area contributed by atoms with Crippen LogP contribution < -0.4 is 5.32 Å². The maximum absolute atomic E-state index is 4.46. The zero-order valence-corrected chi connectivity index (χ0v) is 12.8. The van der Waals surface area contributed by atoms with Crippen molar-refractivity contribution in [3.05, 3.63) is 70.3 Å². The van der Waals surface area contributed by atoms with E-state index in [9.17, 15) is 0 Å². The molecule has 0 saturated carbocycles. The number of anilines is 1. The van der Waals surface area contributed by atoms with Crippen LogP contribution in [-0.2, 0) is 6.54 Å². The van der Waals surface area contributed by atoms with Crippen LogP contribution in [0.3, 0.4) is 0 Å². The molecule has 3 rings (SSSR count). The minimum Gasteiger partial charge on any atom is -0.380 e. The molecule has 0 aliphatic rings. The maximum atomic E-state index is 4.46. The number of nitrogens with one attached hydrogen (secondary N) is 1. The molecule has 0 atom stereocenters. The Kier molecular flexibility index (Phi) is 3.70. The van der Waals surface area contributed by atoms with E-state index in [0.29, 0.717) is 0 Å². The summed E-state index contributed by atoms with van der Waals surface area (Å²) in [5.74, 6) is 0. The highest BCUT2D eigenvalue weighted by molar-refractivity contribution is 9.10. The van der Waals surface area contributed by atoms with Crippen molar-refractivity contribution in [2.24, 2.45) is 0 Å². The summed E-state index contributed by atoms with van der Waals surface area (Å²) in [6, 6.07) is 16.7. The molecular weight excluding hydrogens is 312 g/mol. The summed E-state index contributed by atoms with van der Waals surface area (Å²) in [5.41, 5.74) is 4.65. The fourth-order valence-electron chi connectivity index (χ4n) is 2.27. The van der Waals surface area contributed by atoms with Crippen molar-refractivity contribution in [1.29, 1.82) is 0 Å². The van der Waals surface area contributed by atoms with Crippen LogP contribution in [0.1, 0.15) is 11.1 Å². The predicted molar refractivity (Wildman–Crippen MR) is 87.9 cm³/mol. The fraction of sp³-hybridized carbons (Fsp3) is 0.118. The lowest BCUT2D eigenvalue weighted by Gasteiger charge is -2.11. The van der Waals surface area contributed by atoms with Crippen LogP contribution >= 0.6 is 15.9 Å². The van der Waals surface area contributed by atoms with E-state index in [1.807, 2.05) is 12.3 Å². The van der Waals surface area contributed by atoms with Crippen molar-refractivity contribution in [3.63, 3.8) is 0 Å². The Labute approximate surface area is 127 Å². The molecule has 2 aromatic carbocycles. The van der Waals surface area contributed by atoms with Gasteiger partial charge in [-0.15, -0.1) is 0 Å². The van der Waals surface area contributed by atoms with Crippen molar-refractivity contribution >= 4 is 32.5 Å². The lowest BCUT2D eigenvalue weighted by molar-refractivity contribution is 1.15. The van der Waals surface area contributed by atoms with Crippen molar-refractivity contribution in [2.75, 3.05) is 5.32 Å². The number of halogens is 1. The molecule has 1 aromatic heterocycles. The summed E-state index contributed by atoms with van der Waals surface area (Å²) in [6.45, 7) is 2.90. The Hall–Kier alpha value is -1.87. The quantitative estimate of drug-likeness (QED) is 0.739. The molecule has 100 valence electrons. The van der Waals surface area contributed by atoms with Gasteiger partial charge in [0.25, 0.3) is 0 Å². The van der Waals surface area contributed by atoms with Crippen molar-refractivity contribution in [1.82, 2.24) is 4.98 Å². The Morgan fingerprint density at radius 2 is 1.85 bits per heavy atom. The average Bonchev–Trinajstić information content (AvgIpc) is 2.49. The third-order valence-corrected chi connectivity index (χ3v) is 3.90. The Bertz CT molecular complexity index is 736. The number of rotatable bonds is 3. The SMILES string of the molecule is Cc1ccc(NCc2ccc(Br)cc2)c2cccnc12. The van der Waals surface area contributed by atoms with E-state index < -0.39 is 0 Å². The summed E-state index contributed by atoms with van der Waals surface area (Å²) in [6.07, 6.45) is 1.84. The van der Waals surface area contributed by atoms with Crippen LogP contribution in [0.25, 0.3) is 10.9 Å². The first-order valence-corrected chi connectivity index (χ1v) is 7.36. The number of aryl methyl sites for hydroxylation is 1. The molecule has 1 heterocycles.